The van der Waals surface area contributed by atoms with Gasteiger partial charge in [0.1, 0.15) is 11.6 Å². The standard InChI is InChI=1S/C34H49F5/c1-2-3-4-5-24-6-13-28(14-7-24)31-21-20-29(32(35)22-31)15-10-25-8-11-26(12-9-25)27-16-18-30(19-17-27)33(36)23-34(37,38)39/h20-28,30H,2-19H2,1H3/b33-23-. The molecule has 1 aromatic rings. The van der Waals surface area contributed by atoms with Gasteiger partial charge in [-0.15, -0.1) is 0 Å². The Labute approximate surface area is 233 Å². The van der Waals surface area contributed by atoms with Gasteiger partial charge in [-0.3, -0.25) is 0 Å². The molecule has 4 rings (SSSR count). The quantitative estimate of drug-likeness (QED) is 0.200. The van der Waals surface area contributed by atoms with Crippen molar-refractivity contribution in [3.05, 3.63) is 47.0 Å². The third-order valence-corrected chi connectivity index (χ3v) is 10.5. The third kappa shape index (κ3) is 9.32. The minimum absolute atomic E-state index is 0.0326. The smallest absolute Gasteiger partial charge is 0.212 e. The average Bonchev–Trinajstić information content (AvgIpc) is 2.92. The first-order valence-corrected chi connectivity index (χ1v) is 15.9. The van der Waals surface area contributed by atoms with E-state index in [2.05, 4.69) is 13.0 Å². The molecule has 0 saturated heterocycles. The first-order valence-electron chi connectivity index (χ1n) is 15.9. The predicted molar refractivity (Wildman–Crippen MR) is 150 cm³/mol. The molecule has 3 fully saturated rings. The Morgan fingerprint density at radius 2 is 1.38 bits per heavy atom. The largest absolute Gasteiger partial charge is 0.412 e. The SMILES string of the molecule is CCCCCC1CCC(c2ccc(CCC3CCC(C4CCC(/C(F)=C/C(F)(F)F)CC4)CC3)c(F)c2)CC1. The number of rotatable bonds is 10. The van der Waals surface area contributed by atoms with Crippen molar-refractivity contribution >= 4 is 0 Å². The number of hydrogen-bond donors (Lipinski definition) is 0. The molecule has 3 aliphatic rings. The van der Waals surface area contributed by atoms with E-state index >= 15 is 4.39 Å². The summed E-state index contributed by atoms with van der Waals surface area (Å²) in [6, 6.07) is 6.03. The van der Waals surface area contributed by atoms with Gasteiger partial charge in [-0.1, -0.05) is 57.6 Å². The van der Waals surface area contributed by atoms with Gasteiger partial charge in [0.2, 0.25) is 0 Å². The number of alkyl halides is 3. The van der Waals surface area contributed by atoms with Crippen LogP contribution in [0.25, 0.3) is 0 Å². The first-order chi connectivity index (χ1) is 18.7. The molecule has 5 heteroatoms. The molecule has 3 aliphatic carbocycles. The Hall–Kier alpha value is -1.39. The summed E-state index contributed by atoms with van der Waals surface area (Å²) < 4.78 is 66.4. The van der Waals surface area contributed by atoms with Crippen molar-refractivity contribution in [3.8, 4) is 0 Å². The van der Waals surface area contributed by atoms with E-state index in [1.54, 1.807) is 0 Å². The zero-order chi connectivity index (χ0) is 27.8. The summed E-state index contributed by atoms with van der Waals surface area (Å²) in [5.41, 5.74) is 2.04. The maximum atomic E-state index is 15.0. The van der Waals surface area contributed by atoms with Gasteiger partial charge < -0.3 is 0 Å². The molecule has 39 heavy (non-hydrogen) atoms. The molecular formula is C34H49F5. The molecule has 0 heterocycles. The van der Waals surface area contributed by atoms with Crippen LogP contribution in [0.2, 0.25) is 0 Å². The van der Waals surface area contributed by atoms with Gasteiger partial charge >= 0.3 is 6.18 Å². The Kier molecular flexibility index (Phi) is 11.4. The highest BCUT2D eigenvalue weighted by molar-refractivity contribution is 5.27. The number of unbranched alkanes of at least 4 members (excludes halogenated alkanes) is 2. The summed E-state index contributed by atoms with van der Waals surface area (Å²) in [5, 5.41) is 0. The van der Waals surface area contributed by atoms with Crippen molar-refractivity contribution in [2.45, 2.75) is 135 Å². The van der Waals surface area contributed by atoms with E-state index in [9.17, 15) is 17.6 Å². The molecular weight excluding hydrogens is 503 g/mol. The lowest BCUT2D eigenvalue weighted by Gasteiger charge is -2.37. The zero-order valence-corrected chi connectivity index (χ0v) is 23.9. The van der Waals surface area contributed by atoms with Crippen molar-refractivity contribution in [3.63, 3.8) is 0 Å². The molecule has 0 unspecified atom stereocenters. The Bertz CT molecular complexity index is 895. The van der Waals surface area contributed by atoms with E-state index in [1.165, 1.54) is 56.9 Å². The highest BCUT2D eigenvalue weighted by Gasteiger charge is 2.34. The highest BCUT2D eigenvalue weighted by atomic mass is 19.4. The summed E-state index contributed by atoms with van der Waals surface area (Å²) >= 11 is 0. The fraction of sp³-hybridized carbons (Fsp3) is 0.765. The van der Waals surface area contributed by atoms with Gasteiger partial charge in [-0.05, 0) is 124 Å². The maximum Gasteiger partial charge on any atom is 0.412 e. The van der Waals surface area contributed by atoms with Crippen LogP contribution in [0, 0.1) is 35.4 Å². The maximum absolute atomic E-state index is 15.0. The van der Waals surface area contributed by atoms with Crippen molar-refractivity contribution in [2.75, 3.05) is 0 Å². The minimum atomic E-state index is -4.57. The zero-order valence-electron chi connectivity index (χ0n) is 23.9. The predicted octanol–water partition coefficient (Wildman–Crippen LogP) is 11.6. The van der Waals surface area contributed by atoms with Crippen LogP contribution < -0.4 is 0 Å². The van der Waals surface area contributed by atoms with Crippen molar-refractivity contribution in [2.24, 2.45) is 29.6 Å². The topological polar surface area (TPSA) is 0 Å². The first kappa shape index (κ1) is 30.6. The van der Waals surface area contributed by atoms with E-state index in [0.717, 1.165) is 62.8 Å². The van der Waals surface area contributed by atoms with Crippen LogP contribution >= 0.6 is 0 Å². The van der Waals surface area contributed by atoms with Crippen LogP contribution in [-0.2, 0) is 6.42 Å². The van der Waals surface area contributed by atoms with Crippen LogP contribution in [0.5, 0.6) is 0 Å². The van der Waals surface area contributed by atoms with E-state index in [1.807, 2.05) is 12.1 Å². The molecule has 0 spiro atoms. The second-order valence-electron chi connectivity index (χ2n) is 13.1. The normalized spacial score (nSPS) is 30.9. The monoisotopic (exact) mass is 552 g/mol. The molecule has 0 bridgehead atoms. The summed E-state index contributed by atoms with van der Waals surface area (Å²) in [4.78, 5) is 0. The van der Waals surface area contributed by atoms with Gasteiger partial charge in [0.05, 0.1) is 6.08 Å². The summed E-state index contributed by atoms with van der Waals surface area (Å²) in [6.07, 6.45) is 14.7. The summed E-state index contributed by atoms with van der Waals surface area (Å²) in [6.45, 7) is 2.26. The van der Waals surface area contributed by atoms with E-state index in [4.69, 9.17) is 0 Å². The molecule has 0 N–H and O–H groups in total. The molecule has 0 atom stereocenters. The molecule has 0 amide bonds. The van der Waals surface area contributed by atoms with Crippen molar-refractivity contribution in [1.29, 1.82) is 0 Å². The minimum Gasteiger partial charge on any atom is -0.212 e. The number of hydrogen-bond acceptors (Lipinski definition) is 0. The lowest BCUT2D eigenvalue weighted by Crippen LogP contribution is -2.26. The molecule has 0 aromatic heterocycles. The summed E-state index contributed by atoms with van der Waals surface area (Å²) in [7, 11) is 0. The molecule has 0 aliphatic heterocycles. The van der Waals surface area contributed by atoms with E-state index in [0.29, 0.717) is 36.5 Å². The van der Waals surface area contributed by atoms with Gasteiger partial charge in [0.25, 0.3) is 0 Å². The number of halogens is 5. The van der Waals surface area contributed by atoms with Gasteiger partial charge in [0.15, 0.2) is 0 Å². The lowest BCUT2D eigenvalue weighted by molar-refractivity contribution is -0.0821. The van der Waals surface area contributed by atoms with Crippen molar-refractivity contribution in [1.82, 2.24) is 0 Å². The van der Waals surface area contributed by atoms with Gasteiger partial charge in [0, 0.05) is 5.92 Å². The Morgan fingerprint density at radius 3 is 1.97 bits per heavy atom. The second-order valence-corrected chi connectivity index (χ2v) is 13.1. The molecule has 0 radical (unpaired) electrons. The average molecular weight is 553 g/mol. The number of benzene rings is 1. The molecule has 3 saturated carbocycles. The van der Waals surface area contributed by atoms with Crippen LogP contribution in [0.15, 0.2) is 30.1 Å². The molecule has 1 aromatic carbocycles. The fourth-order valence-corrected chi connectivity index (χ4v) is 7.94. The number of allylic oxidation sites excluding steroid dienone is 2. The summed E-state index contributed by atoms with van der Waals surface area (Å²) in [5.74, 6) is 1.53. The van der Waals surface area contributed by atoms with Gasteiger partial charge in [-0.2, -0.15) is 13.2 Å². The fourth-order valence-electron chi connectivity index (χ4n) is 7.94. The number of aryl methyl sites for hydroxylation is 1. The molecule has 0 nitrogen and oxygen atoms in total. The third-order valence-electron chi connectivity index (χ3n) is 10.5. The lowest BCUT2D eigenvalue weighted by atomic mass is 9.68. The van der Waals surface area contributed by atoms with Crippen molar-refractivity contribution < 1.29 is 22.0 Å². The van der Waals surface area contributed by atoms with E-state index < -0.39 is 17.9 Å². The Balaban J connectivity index is 1.16. The van der Waals surface area contributed by atoms with E-state index in [-0.39, 0.29) is 11.9 Å². The van der Waals surface area contributed by atoms with Gasteiger partial charge in [-0.25, -0.2) is 8.78 Å². The Morgan fingerprint density at radius 1 is 0.795 bits per heavy atom. The van der Waals surface area contributed by atoms with Crippen LogP contribution in [0.3, 0.4) is 0 Å². The van der Waals surface area contributed by atoms with Crippen LogP contribution in [0.4, 0.5) is 22.0 Å². The highest BCUT2D eigenvalue weighted by Crippen LogP contribution is 2.44. The van der Waals surface area contributed by atoms with Crippen LogP contribution in [-0.4, -0.2) is 6.18 Å². The second kappa shape index (κ2) is 14.5. The molecule has 220 valence electrons. The van der Waals surface area contributed by atoms with Crippen LogP contribution in [0.1, 0.15) is 133 Å².